The van der Waals surface area contributed by atoms with Crippen molar-refractivity contribution in [2.24, 2.45) is 0 Å². The van der Waals surface area contributed by atoms with Crippen LogP contribution in [0.5, 0.6) is 0 Å². The van der Waals surface area contributed by atoms with Crippen molar-refractivity contribution >= 4 is 19.7 Å². The van der Waals surface area contributed by atoms with Crippen LogP contribution in [0.1, 0.15) is 303 Å². The first kappa shape index (κ1) is 76.5. The Balaban J connectivity index is 5.15. The Morgan fingerprint density at radius 2 is 0.772 bits per heavy atom. The van der Waals surface area contributed by atoms with E-state index in [0.29, 0.717) is 17.4 Å². The monoisotopic (exact) mass is 1130 g/mol. The maximum absolute atomic E-state index is 13.5. The number of quaternary nitrogens is 1. The van der Waals surface area contributed by atoms with Crippen molar-refractivity contribution in [1.82, 2.24) is 5.32 Å². The minimum Gasteiger partial charge on any atom is -0.756 e. The second kappa shape index (κ2) is 58.6. The van der Waals surface area contributed by atoms with E-state index in [1.54, 1.807) is 0 Å². The fraction of sp³-hybridized carbons (Fsp3) is 0.797. The maximum atomic E-state index is 13.5. The molecule has 460 valence electrons. The first-order valence-electron chi connectivity index (χ1n) is 33.2. The molecule has 10 heteroatoms. The van der Waals surface area contributed by atoms with E-state index in [0.717, 1.165) is 109 Å². The lowest BCUT2D eigenvalue weighted by molar-refractivity contribution is -0.870. The number of rotatable bonds is 60. The Bertz CT molecular complexity index is 1580. The number of carbonyl (C=O) groups is 2. The van der Waals surface area contributed by atoms with Crippen molar-refractivity contribution in [3.8, 4) is 0 Å². The zero-order chi connectivity index (χ0) is 57.9. The highest BCUT2D eigenvalue weighted by Gasteiger charge is 2.27. The zero-order valence-electron chi connectivity index (χ0n) is 52.6. The van der Waals surface area contributed by atoms with Gasteiger partial charge in [0, 0.05) is 12.8 Å². The first-order chi connectivity index (χ1) is 38.4. The number of hydrogen-bond acceptors (Lipinski definition) is 7. The van der Waals surface area contributed by atoms with Gasteiger partial charge in [-0.25, -0.2) is 0 Å². The molecule has 0 heterocycles. The van der Waals surface area contributed by atoms with E-state index in [1.807, 2.05) is 33.3 Å². The van der Waals surface area contributed by atoms with Gasteiger partial charge in [0.25, 0.3) is 7.82 Å². The summed E-state index contributed by atoms with van der Waals surface area (Å²) in [5, 5.41) is 3.03. The van der Waals surface area contributed by atoms with E-state index in [4.69, 9.17) is 13.8 Å². The molecule has 0 aromatic rings. The number of nitrogens with one attached hydrogen (secondary N) is 1. The Morgan fingerprint density at radius 3 is 1.19 bits per heavy atom. The average molecular weight is 1130 g/mol. The van der Waals surface area contributed by atoms with Crippen LogP contribution in [-0.4, -0.2) is 69.4 Å². The highest BCUT2D eigenvalue weighted by Crippen LogP contribution is 2.38. The van der Waals surface area contributed by atoms with Crippen LogP contribution >= 0.6 is 7.82 Å². The van der Waals surface area contributed by atoms with Crippen molar-refractivity contribution in [2.75, 3.05) is 40.9 Å². The van der Waals surface area contributed by atoms with Crippen molar-refractivity contribution in [2.45, 2.75) is 315 Å². The van der Waals surface area contributed by atoms with Gasteiger partial charge in [0.1, 0.15) is 19.3 Å². The topological polar surface area (TPSA) is 114 Å². The van der Waals surface area contributed by atoms with Crippen LogP contribution in [0.2, 0.25) is 0 Å². The van der Waals surface area contributed by atoms with E-state index in [2.05, 4.69) is 86.8 Å². The molecule has 3 atom stereocenters. The summed E-state index contributed by atoms with van der Waals surface area (Å²) < 4.78 is 30.4. The van der Waals surface area contributed by atoms with Gasteiger partial charge in [-0.1, -0.05) is 261 Å². The molecule has 1 N–H and O–H groups in total. The molecule has 0 aliphatic rings. The van der Waals surface area contributed by atoms with Gasteiger partial charge in [0.15, 0.2) is 0 Å². The Kier molecular flexibility index (Phi) is 56.7. The molecule has 0 aromatic carbocycles. The SMILES string of the molecule is CCCCC/C=C\C/C=C\C/C=C\C/C=C\CCCCCCCCCCCC(=O)OC(/C=C\CCCCCCCCCCCC)C(COP(=O)([O-])OCC[N+](C)(C)C)NC(=O)CCCCCCC/C=C/CCCCCCCCC. The molecule has 0 saturated carbocycles. The van der Waals surface area contributed by atoms with Crippen molar-refractivity contribution < 1.29 is 37.3 Å². The van der Waals surface area contributed by atoms with E-state index in [-0.39, 0.29) is 24.9 Å². The molecule has 0 spiro atoms. The van der Waals surface area contributed by atoms with E-state index in [9.17, 15) is 19.0 Å². The fourth-order valence-corrected chi connectivity index (χ4v) is 10.2. The average Bonchev–Trinajstić information content (AvgIpc) is 3.41. The van der Waals surface area contributed by atoms with Gasteiger partial charge in [-0.05, 0) is 102 Å². The number of phosphoric ester groups is 1. The van der Waals surface area contributed by atoms with Crippen molar-refractivity contribution in [1.29, 1.82) is 0 Å². The summed E-state index contributed by atoms with van der Waals surface area (Å²) in [4.78, 5) is 40.1. The molecule has 3 unspecified atom stereocenters. The highest BCUT2D eigenvalue weighted by molar-refractivity contribution is 7.45. The number of unbranched alkanes of at least 4 members (excludes halogenated alkanes) is 34. The van der Waals surface area contributed by atoms with E-state index >= 15 is 0 Å². The predicted molar refractivity (Wildman–Crippen MR) is 339 cm³/mol. The minimum atomic E-state index is -4.71. The number of hydrogen-bond donors (Lipinski definition) is 1. The lowest BCUT2D eigenvalue weighted by Gasteiger charge is -2.30. The number of esters is 1. The number of phosphoric acid groups is 1. The molecule has 0 aliphatic carbocycles. The lowest BCUT2D eigenvalue weighted by Crippen LogP contribution is -2.47. The molecule has 79 heavy (non-hydrogen) atoms. The number of allylic oxidation sites excluding steroid dienone is 11. The molecular formula is C69H127N2O7P. The van der Waals surface area contributed by atoms with Gasteiger partial charge in [-0.2, -0.15) is 0 Å². The van der Waals surface area contributed by atoms with Gasteiger partial charge >= 0.3 is 5.97 Å². The fourth-order valence-electron chi connectivity index (χ4n) is 9.44. The quantitative estimate of drug-likeness (QED) is 0.0212. The molecule has 9 nitrogen and oxygen atoms in total. The largest absolute Gasteiger partial charge is 0.756 e. The first-order valence-corrected chi connectivity index (χ1v) is 34.7. The van der Waals surface area contributed by atoms with Gasteiger partial charge < -0.3 is 28.5 Å². The van der Waals surface area contributed by atoms with Crippen LogP contribution in [0.25, 0.3) is 0 Å². The second-order valence-electron chi connectivity index (χ2n) is 23.6. The third kappa shape index (κ3) is 59.9. The molecule has 0 saturated heterocycles. The summed E-state index contributed by atoms with van der Waals surface area (Å²) >= 11 is 0. The number of likely N-dealkylation sites (N-methyl/N-ethyl adjacent to an activating group) is 1. The molecule has 1 amide bonds. The lowest BCUT2D eigenvalue weighted by atomic mass is 10.0. The third-order valence-electron chi connectivity index (χ3n) is 14.6. The maximum Gasteiger partial charge on any atom is 0.306 e. The molecule has 0 aromatic heterocycles. The molecule has 0 fully saturated rings. The summed E-state index contributed by atoms with van der Waals surface area (Å²) in [7, 11) is 1.18. The van der Waals surface area contributed by atoms with Crippen LogP contribution in [0.3, 0.4) is 0 Å². The van der Waals surface area contributed by atoms with Crippen LogP contribution in [0, 0.1) is 0 Å². The molecule has 0 aliphatic heterocycles. The molecule has 0 bridgehead atoms. The number of carbonyl (C=O) groups excluding carboxylic acids is 2. The zero-order valence-corrected chi connectivity index (χ0v) is 53.5. The Morgan fingerprint density at radius 1 is 0.443 bits per heavy atom. The predicted octanol–water partition coefficient (Wildman–Crippen LogP) is 20.2. The molecule has 0 rings (SSSR count). The standard InChI is InChI=1S/C69H127N2O7P/c1-7-10-13-16-19-22-25-28-30-32-33-34-35-36-37-38-39-40-42-44-47-50-53-56-59-62-69(73)78-67(60-57-54-51-48-45-27-24-21-18-15-12-9-3)66(65-77-79(74,75)76-64-63-71(4,5)6)70-68(72)61-58-55-52-49-46-43-41-31-29-26-23-20-17-14-11-8-2/h19,22,28,30-31,33-34,36-37,41,57,60,66-67H,7-18,20-21,23-27,29,32,35,38-40,42-56,58-59,61-65H2,1-6H3,(H-,70,72,74,75)/b22-19-,30-28-,34-33-,37-36-,41-31+,60-57-. The summed E-state index contributed by atoms with van der Waals surface area (Å²) in [6.45, 7) is 6.82. The van der Waals surface area contributed by atoms with Crippen molar-refractivity contribution in [3.05, 3.63) is 72.9 Å². The summed E-state index contributed by atoms with van der Waals surface area (Å²) in [5.41, 5.74) is 0. The molecule has 0 radical (unpaired) electrons. The van der Waals surface area contributed by atoms with Gasteiger partial charge in [-0.3, -0.25) is 14.2 Å². The smallest absolute Gasteiger partial charge is 0.306 e. The summed E-state index contributed by atoms with van der Waals surface area (Å²) in [6.07, 6.45) is 75.8. The van der Waals surface area contributed by atoms with Gasteiger partial charge in [0.05, 0.1) is 33.8 Å². The summed E-state index contributed by atoms with van der Waals surface area (Å²) in [5.74, 6) is -0.552. The van der Waals surface area contributed by atoms with Crippen LogP contribution in [-0.2, 0) is 27.9 Å². The minimum absolute atomic E-state index is 0.0264. The van der Waals surface area contributed by atoms with Crippen LogP contribution in [0.15, 0.2) is 72.9 Å². The van der Waals surface area contributed by atoms with E-state index < -0.39 is 26.6 Å². The number of ether oxygens (including phenoxy) is 1. The van der Waals surface area contributed by atoms with Gasteiger partial charge in [-0.15, -0.1) is 0 Å². The third-order valence-corrected chi connectivity index (χ3v) is 15.6. The number of amides is 1. The molecular weight excluding hydrogens is 1000 g/mol. The number of nitrogens with zero attached hydrogens (tertiary/aromatic N) is 1. The van der Waals surface area contributed by atoms with Crippen LogP contribution in [0.4, 0.5) is 0 Å². The van der Waals surface area contributed by atoms with Gasteiger partial charge in [0.2, 0.25) is 5.91 Å². The highest BCUT2D eigenvalue weighted by atomic mass is 31.2. The van der Waals surface area contributed by atoms with Crippen LogP contribution < -0.4 is 10.2 Å². The Hall–Kier alpha value is -2.55. The Labute approximate surface area is 489 Å². The second-order valence-corrected chi connectivity index (χ2v) is 25.0. The normalized spacial score (nSPS) is 14.1. The van der Waals surface area contributed by atoms with E-state index in [1.165, 1.54) is 161 Å². The van der Waals surface area contributed by atoms with Crippen molar-refractivity contribution in [3.63, 3.8) is 0 Å². The summed E-state index contributed by atoms with van der Waals surface area (Å²) in [6, 6.07) is -0.897.